The maximum atomic E-state index is 6.93. The van der Waals surface area contributed by atoms with Crippen molar-refractivity contribution in [3.8, 4) is 67.0 Å². The summed E-state index contributed by atoms with van der Waals surface area (Å²) in [4.78, 5) is 4.81. The zero-order chi connectivity index (χ0) is 71.4. The lowest BCUT2D eigenvalue weighted by molar-refractivity contribution is 0.669. The summed E-state index contributed by atoms with van der Waals surface area (Å²) >= 11 is 1.89. The second-order valence-electron chi connectivity index (χ2n) is 27.5. The van der Waals surface area contributed by atoms with E-state index in [1.165, 1.54) is 108 Å². The highest BCUT2D eigenvalue weighted by molar-refractivity contribution is 7.26. The Labute approximate surface area is 629 Å². The molecule has 0 atom stereocenters. The first-order chi connectivity index (χ1) is 53.6. The predicted octanol–water partition coefficient (Wildman–Crippen LogP) is 29.1. The Kier molecular flexibility index (Phi) is 16.0. The summed E-state index contributed by atoms with van der Waals surface area (Å²) in [5.41, 5.74) is 27.2. The fourth-order valence-corrected chi connectivity index (χ4v) is 17.4. The highest BCUT2D eigenvalue weighted by Crippen LogP contribution is 2.53. The molecule has 0 aliphatic heterocycles. The summed E-state index contributed by atoms with van der Waals surface area (Å²) in [7, 11) is 0. The van der Waals surface area contributed by atoms with Gasteiger partial charge in [-0.15, -0.1) is 11.3 Å². The molecule has 0 N–H and O–H groups in total. The molecule has 4 aromatic heterocycles. The molecule has 17 aromatic carbocycles. The van der Waals surface area contributed by atoms with Crippen LogP contribution in [0.25, 0.3) is 153 Å². The maximum Gasteiger partial charge on any atom is 0.161 e. The van der Waals surface area contributed by atoms with Gasteiger partial charge in [-0.25, -0.2) is 0 Å². The molecule has 0 saturated heterocycles. The average molecular weight is 1400 g/mol. The van der Waals surface area contributed by atoms with E-state index >= 15 is 0 Å². The minimum absolute atomic E-state index is 0.850. The largest absolute Gasteiger partial charge is 0.454 e. The molecule has 5 nitrogen and oxygen atoms in total. The maximum absolute atomic E-state index is 6.93. The van der Waals surface area contributed by atoms with E-state index < -0.39 is 0 Å². The molecule has 108 heavy (non-hydrogen) atoms. The molecule has 508 valence electrons. The molecule has 6 heteroatoms. The van der Waals surface area contributed by atoms with Crippen LogP contribution in [0.4, 0.5) is 34.1 Å². The van der Waals surface area contributed by atoms with Crippen LogP contribution in [0, 0.1) is 0 Å². The number of hydrogen-bond donors (Lipinski definition) is 0. The summed E-state index contributed by atoms with van der Waals surface area (Å²) in [5, 5.41) is 9.56. The van der Waals surface area contributed by atoms with Gasteiger partial charge >= 0.3 is 0 Å². The van der Waals surface area contributed by atoms with Crippen molar-refractivity contribution in [3.63, 3.8) is 0 Å². The molecule has 0 bridgehead atoms. The number of thiophene rings is 1. The van der Waals surface area contributed by atoms with Gasteiger partial charge in [0, 0.05) is 76.5 Å². The number of para-hydroxylation sites is 4. The van der Waals surface area contributed by atoms with Crippen LogP contribution < -0.4 is 9.80 Å². The third-order valence-corrected chi connectivity index (χ3v) is 22.4. The van der Waals surface area contributed by atoms with E-state index in [1.54, 1.807) is 0 Å². The van der Waals surface area contributed by atoms with Gasteiger partial charge in [-0.1, -0.05) is 303 Å². The van der Waals surface area contributed by atoms with E-state index in [0.29, 0.717) is 0 Å². The second-order valence-corrected chi connectivity index (χ2v) is 28.5. The summed E-state index contributed by atoms with van der Waals surface area (Å²) in [6.07, 6.45) is 0. The smallest absolute Gasteiger partial charge is 0.161 e. The summed E-state index contributed by atoms with van der Waals surface area (Å²) in [6, 6.07) is 148. The SMILES string of the molecule is c1ccc(-c2ccc(N(c3ccc(-c4ccccc4)cc3)c3cc4c5ccccc5n(-c5ccc(-c6ccccc6)cc5)c4c4sc5ccccc5c34)cc2)cc1.c1ccc(-c2ccc(N(c3ccc(-c4ccccc4)cc3)c3cc4c5ccccc5n(-c5ccccc5)c4c4c3oc3ccccc34)cc2)cc1. The molecule has 0 aliphatic rings. The molecule has 21 rings (SSSR count). The number of fused-ring (bicyclic) bond motifs is 14. The third kappa shape index (κ3) is 11.3. The number of hydrogen-bond acceptors (Lipinski definition) is 4. The Bertz CT molecular complexity index is 6670. The van der Waals surface area contributed by atoms with Crippen molar-refractivity contribution in [2.45, 2.75) is 0 Å². The Balaban J connectivity index is 0.000000143. The zero-order valence-electron chi connectivity index (χ0n) is 58.9. The fraction of sp³-hybridized carbons (Fsp3) is 0. The number of benzene rings is 17. The highest BCUT2D eigenvalue weighted by atomic mass is 32.1. The topological polar surface area (TPSA) is 29.5 Å². The van der Waals surface area contributed by atoms with Gasteiger partial charge in [0.1, 0.15) is 5.58 Å². The van der Waals surface area contributed by atoms with E-state index in [1.807, 2.05) is 11.3 Å². The van der Waals surface area contributed by atoms with Crippen molar-refractivity contribution in [1.29, 1.82) is 0 Å². The molecule has 0 aliphatic carbocycles. The van der Waals surface area contributed by atoms with E-state index in [4.69, 9.17) is 4.42 Å². The molecular formula is C102H68N4OS. The number of nitrogens with zero attached hydrogens (tertiary/aromatic N) is 4. The Morgan fingerprint density at radius 1 is 0.231 bits per heavy atom. The van der Waals surface area contributed by atoms with Crippen molar-refractivity contribution in [2.75, 3.05) is 9.80 Å². The molecule has 0 saturated carbocycles. The molecule has 0 amide bonds. The summed E-state index contributed by atoms with van der Waals surface area (Å²) < 4.78 is 14.4. The van der Waals surface area contributed by atoms with Crippen LogP contribution in [0.5, 0.6) is 0 Å². The van der Waals surface area contributed by atoms with Crippen LogP contribution in [-0.2, 0) is 0 Å². The predicted molar refractivity (Wildman–Crippen MR) is 458 cm³/mol. The third-order valence-electron chi connectivity index (χ3n) is 21.2. The number of aromatic nitrogens is 2. The van der Waals surface area contributed by atoms with Crippen molar-refractivity contribution in [2.24, 2.45) is 0 Å². The van der Waals surface area contributed by atoms with Crippen molar-refractivity contribution in [1.82, 2.24) is 9.13 Å². The first kappa shape index (κ1) is 63.6. The fourth-order valence-electron chi connectivity index (χ4n) is 16.1. The van der Waals surface area contributed by atoms with Crippen LogP contribution >= 0.6 is 11.3 Å². The molecule has 0 fully saturated rings. The van der Waals surface area contributed by atoms with Crippen molar-refractivity contribution >= 4 is 131 Å². The normalized spacial score (nSPS) is 11.5. The lowest BCUT2D eigenvalue weighted by Gasteiger charge is -2.27. The van der Waals surface area contributed by atoms with E-state index in [2.05, 4.69) is 431 Å². The van der Waals surface area contributed by atoms with Crippen molar-refractivity contribution in [3.05, 3.63) is 413 Å². The second kappa shape index (κ2) is 27.2. The summed E-state index contributed by atoms with van der Waals surface area (Å²) in [6.45, 7) is 0. The molecule has 0 radical (unpaired) electrons. The van der Waals surface area contributed by atoms with Crippen LogP contribution in [0.2, 0.25) is 0 Å². The molecule has 0 unspecified atom stereocenters. The molecule has 0 spiro atoms. The zero-order valence-corrected chi connectivity index (χ0v) is 59.7. The minimum Gasteiger partial charge on any atom is -0.454 e. The highest BCUT2D eigenvalue weighted by Gasteiger charge is 2.28. The Hall–Kier alpha value is -14.0. The average Bonchev–Trinajstić information content (AvgIpc) is 1.55. The van der Waals surface area contributed by atoms with Crippen LogP contribution in [0.15, 0.2) is 417 Å². The van der Waals surface area contributed by atoms with Gasteiger partial charge in [-0.2, -0.15) is 0 Å². The lowest BCUT2D eigenvalue weighted by atomic mass is 10.0. The number of anilines is 6. The van der Waals surface area contributed by atoms with Gasteiger partial charge in [0.15, 0.2) is 5.58 Å². The Morgan fingerprint density at radius 3 is 0.991 bits per heavy atom. The van der Waals surface area contributed by atoms with Crippen LogP contribution in [-0.4, -0.2) is 9.13 Å². The van der Waals surface area contributed by atoms with Gasteiger partial charge in [-0.05, 0) is 165 Å². The molecule has 4 heterocycles. The van der Waals surface area contributed by atoms with E-state index in [0.717, 1.165) is 78.5 Å². The van der Waals surface area contributed by atoms with Crippen molar-refractivity contribution < 1.29 is 4.42 Å². The number of furan rings is 1. The quantitative estimate of drug-likeness (QED) is 0.115. The first-order valence-electron chi connectivity index (χ1n) is 36.8. The monoisotopic (exact) mass is 1400 g/mol. The minimum atomic E-state index is 0.850. The van der Waals surface area contributed by atoms with Crippen LogP contribution in [0.1, 0.15) is 0 Å². The summed E-state index contributed by atoms with van der Waals surface area (Å²) in [5.74, 6) is 0. The van der Waals surface area contributed by atoms with Crippen LogP contribution in [0.3, 0.4) is 0 Å². The van der Waals surface area contributed by atoms with Gasteiger partial charge in [-0.3, -0.25) is 0 Å². The van der Waals surface area contributed by atoms with E-state index in [9.17, 15) is 0 Å². The van der Waals surface area contributed by atoms with Gasteiger partial charge < -0.3 is 23.4 Å². The molecule has 21 aromatic rings. The van der Waals surface area contributed by atoms with E-state index in [-0.39, 0.29) is 0 Å². The molecular weight excluding hydrogens is 1330 g/mol. The standard InChI is InChI=1S/C54H36N2S.C48H32N2O/c1-4-14-37(15-5-1)40-24-30-43(31-25-40)55(44-32-26-41(27-33-44)38-16-6-2-7-17-38)50-36-48-46-20-10-12-22-49(46)56(45-34-28-42(29-35-45)39-18-8-3-9-19-39)53(48)54-52(50)47-21-11-13-23-51(47)57-54;1-4-14-33(15-5-1)35-24-28-38(29-25-35)49(39-30-26-36(27-31-39)34-16-6-2-7-17-34)44-32-42-40-20-10-12-22-43(40)50(37-18-8-3-9-19-37)47(42)46-41-21-11-13-23-45(41)51-48(44)46/h1-36H;1-32H. The van der Waals surface area contributed by atoms with Gasteiger partial charge in [0.05, 0.1) is 43.5 Å². The Morgan fingerprint density at radius 2 is 0.546 bits per heavy atom. The van der Waals surface area contributed by atoms with Gasteiger partial charge in [0.2, 0.25) is 0 Å². The lowest BCUT2D eigenvalue weighted by Crippen LogP contribution is -2.10. The number of rotatable bonds is 13. The first-order valence-corrected chi connectivity index (χ1v) is 37.6. The van der Waals surface area contributed by atoms with Gasteiger partial charge in [0.25, 0.3) is 0 Å².